The molecule has 9 rings (SSSR count). The second kappa shape index (κ2) is 14.2. The van der Waals surface area contributed by atoms with Crippen molar-refractivity contribution in [2.24, 2.45) is 12.5 Å². The highest BCUT2D eigenvalue weighted by atomic mass is 16.5. The molecule has 3 saturated heterocycles. The van der Waals surface area contributed by atoms with Crippen LogP contribution in [0.25, 0.3) is 22.1 Å². The smallest absolute Gasteiger partial charge is 0.329 e. The standard InChI is InChI=1S/C41H48N10O5/c1-47(2)38(54)31-21-26-23-43-39(46-36(26)50(31)27-7-4-5-8-27)44-33-13-11-25(22-42-33)32-15-16-41(24-56-32)17-19-49(20-18-41)28-9-6-10-29-35(28)48(3)40(55)51(29)30-12-14-34(52)45-37(30)53/h6,9-11,13,21-23,27,30,32H,4-5,7-8,12,14-20,24H2,1-3H3,(H,45,52,53)(H,42,43,44,46)/t30-,32+/m1/s1. The van der Waals surface area contributed by atoms with E-state index in [1.807, 2.05) is 30.5 Å². The molecule has 1 aliphatic carbocycles. The third-order valence-corrected chi connectivity index (χ3v) is 12.6. The second-order valence-electron chi connectivity index (χ2n) is 16.3. The number of aromatic nitrogens is 6. The first-order valence-corrected chi connectivity index (χ1v) is 19.8. The van der Waals surface area contributed by atoms with Crippen LogP contribution >= 0.6 is 0 Å². The van der Waals surface area contributed by atoms with Crippen molar-refractivity contribution in [3.05, 3.63) is 70.5 Å². The van der Waals surface area contributed by atoms with E-state index in [9.17, 15) is 19.2 Å². The molecule has 15 heteroatoms. The Morgan fingerprint density at radius 2 is 1.77 bits per heavy atom. The minimum absolute atomic E-state index is 0.0357. The number of amides is 3. The van der Waals surface area contributed by atoms with Crippen LogP contribution in [0.15, 0.2) is 53.6 Å². The first-order chi connectivity index (χ1) is 27.1. The van der Waals surface area contributed by atoms with Gasteiger partial charge in [-0.15, -0.1) is 0 Å². The van der Waals surface area contributed by atoms with Gasteiger partial charge in [0.15, 0.2) is 0 Å². The molecule has 7 heterocycles. The van der Waals surface area contributed by atoms with Gasteiger partial charge in [-0.3, -0.25) is 28.8 Å². The molecule has 15 nitrogen and oxygen atoms in total. The SMILES string of the molecule is CN(C)C(=O)c1cc2cnc(Nc3ccc([C@@H]4CCC5(CCN(c6cccc7c6n(C)c(=O)n7[C@@H]6CCC(=O)NC6=O)CC5)CO4)cn3)nc2n1C1CCCC1. The molecule has 0 unspecified atom stereocenters. The van der Waals surface area contributed by atoms with Crippen LogP contribution in [0.1, 0.15) is 98.4 Å². The molecule has 1 spiro atoms. The van der Waals surface area contributed by atoms with Crippen LogP contribution in [0.5, 0.6) is 0 Å². The van der Waals surface area contributed by atoms with Crippen LogP contribution in [0.3, 0.4) is 0 Å². The zero-order valence-electron chi connectivity index (χ0n) is 32.2. The number of hydrogen-bond acceptors (Lipinski definition) is 10. The minimum Gasteiger partial charge on any atom is -0.373 e. The van der Waals surface area contributed by atoms with Crippen LogP contribution in [0, 0.1) is 5.41 Å². The number of benzene rings is 1. The number of imidazole rings is 1. The highest BCUT2D eigenvalue weighted by Crippen LogP contribution is 2.45. The van der Waals surface area contributed by atoms with E-state index in [1.54, 1.807) is 41.4 Å². The molecule has 4 aromatic heterocycles. The number of rotatable bonds is 7. The van der Waals surface area contributed by atoms with Crippen molar-refractivity contribution in [1.29, 1.82) is 0 Å². The molecule has 5 aromatic rings. The fourth-order valence-corrected chi connectivity index (χ4v) is 9.43. The van der Waals surface area contributed by atoms with Gasteiger partial charge in [-0.25, -0.2) is 14.8 Å². The Morgan fingerprint density at radius 3 is 2.46 bits per heavy atom. The lowest BCUT2D eigenvalue weighted by molar-refractivity contribution is -0.135. The maximum absolute atomic E-state index is 13.5. The van der Waals surface area contributed by atoms with Gasteiger partial charge in [-0.1, -0.05) is 25.0 Å². The third kappa shape index (κ3) is 6.31. The van der Waals surface area contributed by atoms with Crippen molar-refractivity contribution in [3.8, 4) is 0 Å². The molecular weight excluding hydrogens is 713 g/mol. The number of carbonyl (C=O) groups excluding carboxylic acids is 3. The summed E-state index contributed by atoms with van der Waals surface area (Å²) in [5.74, 6) is 0.307. The Labute approximate surface area is 324 Å². The van der Waals surface area contributed by atoms with Crippen LogP contribution in [0.2, 0.25) is 0 Å². The van der Waals surface area contributed by atoms with Gasteiger partial charge >= 0.3 is 5.69 Å². The van der Waals surface area contributed by atoms with Gasteiger partial charge in [0.2, 0.25) is 17.8 Å². The van der Waals surface area contributed by atoms with Gasteiger partial charge < -0.3 is 24.4 Å². The molecule has 56 heavy (non-hydrogen) atoms. The summed E-state index contributed by atoms with van der Waals surface area (Å²) >= 11 is 0. The Bertz CT molecular complexity index is 2390. The first kappa shape index (κ1) is 36.1. The molecule has 0 radical (unpaired) electrons. The number of nitrogens with zero attached hydrogens (tertiary/aromatic N) is 8. The largest absolute Gasteiger partial charge is 0.373 e. The summed E-state index contributed by atoms with van der Waals surface area (Å²) in [6.07, 6.45) is 12.4. The lowest BCUT2D eigenvalue weighted by atomic mass is 9.73. The number of para-hydroxylation sites is 1. The Morgan fingerprint density at radius 1 is 0.964 bits per heavy atom. The number of piperidine rings is 2. The van der Waals surface area contributed by atoms with Crippen molar-refractivity contribution in [1.82, 2.24) is 38.9 Å². The molecule has 2 N–H and O–H groups in total. The van der Waals surface area contributed by atoms with Gasteiger partial charge in [-0.05, 0) is 80.2 Å². The van der Waals surface area contributed by atoms with E-state index in [1.165, 1.54) is 0 Å². The van der Waals surface area contributed by atoms with Gasteiger partial charge in [-0.2, -0.15) is 4.98 Å². The highest BCUT2D eigenvalue weighted by Gasteiger charge is 2.40. The molecule has 1 saturated carbocycles. The zero-order chi connectivity index (χ0) is 38.7. The van der Waals surface area contributed by atoms with Crippen molar-refractivity contribution in [2.75, 3.05) is 44.0 Å². The molecule has 0 bridgehead atoms. The van der Waals surface area contributed by atoms with E-state index >= 15 is 0 Å². The van der Waals surface area contributed by atoms with Crippen molar-refractivity contribution < 1.29 is 19.1 Å². The number of imide groups is 1. The lowest BCUT2D eigenvalue weighted by Crippen LogP contribution is -2.44. The van der Waals surface area contributed by atoms with Gasteiger partial charge in [0.1, 0.15) is 23.2 Å². The molecule has 3 aliphatic heterocycles. The number of ether oxygens (including phenoxy) is 1. The summed E-state index contributed by atoms with van der Waals surface area (Å²) in [4.78, 5) is 69.2. The average molecular weight is 761 g/mol. The first-order valence-electron chi connectivity index (χ1n) is 19.8. The van der Waals surface area contributed by atoms with Gasteiger partial charge in [0.05, 0.1) is 29.4 Å². The topological polar surface area (TPSA) is 162 Å². The minimum atomic E-state index is -0.710. The summed E-state index contributed by atoms with van der Waals surface area (Å²) < 4.78 is 11.8. The summed E-state index contributed by atoms with van der Waals surface area (Å²) in [6, 6.07) is 11.3. The van der Waals surface area contributed by atoms with Crippen LogP contribution in [-0.2, 0) is 21.4 Å². The van der Waals surface area contributed by atoms with E-state index in [0.29, 0.717) is 36.0 Å². The predicted octanol–water partition coefficient (Wildman–Crippen LogP) is 5.16. The van der Waals surface area contributed by atoms with Gasteiger partial charge in [0.25, 0.3) is 5.91 Å². The molecule has 2 atom stereocenters. The van der Waals surface area contributed by atoms with Gasteiger partial charge in [0, 0.05) is 64.5 Å². The monoisotopic (exact) mass is 760 g/mol. The molecule has 3 amide bonds. The molecule has 292 valence electrons. The normalized spacial score (nSPS) is 21.6. The number of hydrogen-bond donors (Lipinski definition) is 2. The number of nitrogens with one attached hydrogen (secondary N) is 2. The van der Waals surface area contributed by atoms with E-state index in [2.05, 4.69) is 37.2 Å². The molecule has 4 fully saturated rings. The van der Waals surface area contributed by atoms with Crippen LogP contribution in [-0.4, -0.2) is 85.1 Å². The highest BCUT2D eigenvalue weighted by molar-refractivity contribution is 6.01. The maximum atomic E-state index is 13.5. The van der Waals surface area contributed by atoms with E-state index < -0.39 is 11.9 Å². The molecular formula is C41H48N10O5. The molecule has 4 aliphatic rings. The fraction of sp³-hybridized carbons (Fsp3) is 0.488. The van der Waals surface area contributed by atoms with Crippen LogP contribution in [0.4, 0.5) is 17.5 Å². The third-order valence-electron chi connectivity index (χ3n) is 12.6. The van der Waals surface area contributed by atoms with E-state index in [4.69, 9.17) is 14.7 Å². The number of fused-ring (bicyclic) bond motifs is 2. The van der Waals surface area contributed by atoms with Crippen LogP contribution < -0.4 is 21.2 Å². The Balaban J connectivity index is 0.845. The summed E-state index contributed by atoms with van der Waals surface area (Å²) in [5, 5.41) is 6.51. The summed E-state index contributed by atoms with van der Waals surface area (Å²) in [7, 11) is 5.30. The quantitative estimate of drug-likeness (QED) is 0.212. The predicted molar refractivity (Wildman–Crippen MR) is 211 cm³/mol. The Hall–Kier alpha value is -5.57. The fourth-order valence-electron chi connectivity index (χ4n) is 9.43. The van der Waals surface area contributed by atoms with E-state index in [0.717, 1.165) is 92.3 Å². The van der Waals surface area contributed by atoms with Crippen molar-refractivity contribution in [2.45, 2.75) is 82.4 Å². The second-order valence-corrected chi connectivity index (χ2v) is 16.3. The Kier molecular flexibility index (Phi) is 9.14. The number of aryl methyl sites for hydroxylation is 1. The number of anilines is 3. The average Bonchev–Trinajstić information content (AvgIpc) is 3.93. The lowest BCUT2D eigenvalue weighted by Gasteiger charge is -2.46. The summed E-state index contributed by atoms with van der Waals surface area (Å²) in [6.45, 7) is 2.34. The number of carbonyl (C=O) groups is 3. The number of pyridine rings is 1. The zero-order valence-corrected chi connectivity index (χ0v) is 32.2. The van der Waals surface area contributed by atoms with Crippen molar-refractivity contribution in [3.63, 3.8) is 0 Å². The van der Waals surface area contributed by atoms with E-state index in [-0.39, 0.29) is 41.5 Å². The van der Waals surface area contributed by atoms with Crippen molar-refractivity contribution >= 4 is 57.2 Å². The summed E-state index contributed by atoms with van der Waals surface area (Å²) in [5.41, 5.74) is 4.77. The maximum Gasteiger partial charge on any atom is 0.329 e. The molecule has 1 aromatic carbocycles.